The van der Waals surface area contributed by atoms with E-state index < -0.39 is 0 Å². The molecule has 1 N–H and O–H groups in total. The van der Waals surface area contributed by atoms with Crippen LogP contribution in [0.3, 0.4) is 0 Å². The summed E-state index contributed by atoms with van der Waals surface area (Å²) in [6.45, 7) is 18.5. The van der Waals surface area contributed by atoms with Gasteiger partial charge in [-0.2, -0.15) is 0 Å². The first-order valence-electron chi connectivity index (χ1n) is 22.8. The largest absolute Gasteiger partial charge is 0.456 e. The third-order valence-electron chi connectivity index (χ3n) is 14.7. The van der Waals surface area contributed by atoms with Gasteiger partial charge in [0, 0.05) is 65.9 Å². The molecule has 0 amide bonds. The zero-order valence-electron chi connectivity index (χ0n) is 37.7. The number of nitrogens with zero attached hydrogens (tertiary/aromatic N) is 1. The average Bonchev–Trinajstić information content (AvgIpc) is 4.00. The van der Waals surface area contributed by atoms with Crippen molar-refractivity contribution in [3.05, 3.63) is 162 Å². The Hall–Kier alpha value is -6.98. The lowest BCUT2D eigenvalue weighted by molar-refractivity contribution is 0.590. The fraction of sp³-hybridized carbons (Fsp3) is 0.186. The molecular weight excluding hydrogens is 779 g/mol. The van der Waals surface area contributed by atoms with Crippen molar-refractivity contribution in [3.8, 4) is 27.9 Å². The van der Waals surface area contributed by atoms with Gasteiger partial charge >= 0.3 is 0 Å². The summed E-state index contributed by atoms with van der Waals surface area (Å²) in [7, 11) is 0.740. The van der Waals surface area contributed by atoms with E-state index in [2.05, 4.69) is 205 Å². The maximum absolute atomic E-state index is 7.27. The zero-order chi connectivity index (χ0) is 43.6. The minimum Gasteiger partial charge on any atom is -0.456 e. The summed E-state index contributed by atoms with van der Waals surface area (Å²) in [4.78, 5) is 0. The van der Waals surface area contributed by atoms with E-state index in [4.69, 9.17) is 8.83 Å². The number of nitrogens with one attached hydrogen (secondary N) is 1. The highest BCUT2D eigenvalue weighted by atomic mass is 16.3. The highest BCUT2D eigenvalue weighted by Crippen LogP contribution is 2.52. The van der Waals surface area contributed by atoms with Crippen LogP contribution < -0.4 is 16.2 Å². The van der Waals surface area contributed by atoms with E-state index >= 15 is 0 Å². The van der Waals surface area contributed by atoms with Gasteiger partial charge in [-0.05, 0) is 104 Å². The molecule has 5 heteroatoms. The maximum atomic E-state index is 7.27. The summed E-state index contributed by atoms with van der Waals surface area (Å²) in [5.74, 6) is 0. The van der Waals surface area contributed by atoms with Crippen LogP contribution in [-0.2, 0) is 16.2 Å². The second kappa shape index (κ2) is 12.6. The van der Waals surface area contributed by atoms with E-state index in [9.17, 15) is 0 Å². The molecule has 64 heavy (non-hydrogen) atoms. The van der Waals surface area contributed by atoms with E-state index in [-0.39, 0.29) is 16.2 Å². The molecule has 13 rings (SSSR count). The molecule has 4 nitrogen and oxygen atoms in total. The van der Waals surface area contributed by atoms with Gasteiger partial charge in [-0.25, -0.2) is 0 Å². The van der Waals surface area contributed by atoms with Gasteiger partial charge in [0.15, 0.2) is 7.28 Å². The van der Waals surface area contributed by atoms with Crippen molar-refractivity contribution in [1.29, 1.82) is 0 Å². The van der Waals surface area contributed by atoms with Gasteiger partial charge in [0.25, 0.3) is 0 Å². The van der Waals surface area contributed by atoms with Crippen LogP contribution in [0.15, 0.2) is 148 Å². The average molecular weight is 829 g/mol. The number of aromatic nitrogens is 1. The Balaban J connectivity index is 1.19. The highest BCUT2D eigenvalue weighted by molar-refractivity contribution is 6.74. The van der Waals surface area contributed by atoms with E-state index in [1.165, 1.54) is 71.8 Å². The Labute approximate surface area is 373 Å². The molecule has 0 unspecified atom stereocenters. The van der Waals surface area contributed by atoms with E-state index in [0.717, 1.165) is 73.7 Å². The quantitative estimate of drug-likeness (QED) is 0.180. The van der Waals surface area contributed by atoms with Gasteiger partial charge < -0.3 is 18.7 Å². The van der Waals surface area contributed by atoms with Crippen LogP contribution in [-0.4, -0.2) is 11.8 Å². The molecule has 11 aromatic rings. The van der Waals surface area contributed by atoms with Crippen molar-refractivity contribution in [2.24, 2.45) is 0 Å². The fourth-order valence-electron chi connectivity index (χ4n) is 11.3. The number of rotatable bonds is 3. The summed E-state index contributed by atoms with van der Waals surface area (Å²) >= 11 is 0. The van der Waals surface area contributed by atoms with Crippen molar-refractivity contribution in [2.75, 3.05) is 5.32 Å². The van der Waals surface area contributed by atoms with Gasteiger partial charge in [0.2, 0.25) is 0 Å². The molecule has 4 heterocycles. The van der Waals surface area contributed by atoms with Crippen molar-refractivity contribution >= 4 is 95.3 Å². The summed E-state index contributed by atoms with van der Waals surface area (Å²) in [6.07, 6.45) is 0. The molecule has 0 bridgehead atoms. The first kappa shape index (κ1) is 37.6. The first-order chi connectivity index (χ1) is 30.7. The predicted octanol–water partition coefficient (Wildman–Crippen LogP) is 14.6. The summed E-state index contributed by atoms with van der Waals surface area (Å²) in [6, 6.07) is 51.7. The van der Waals surface area contributed by atoms with Crippen LogP contribution in [0.5, 0.6) is 0 Å². The lowest BCUT2D eigenvalue weighted by Crippen LogP contribution is -2.38. The summed E-state index contributed by atoms with van der Waals surface area (Å²) in [5.41, 5.74) is 21.9. The van der Waals surface area contributed by atoms with Crippen molar-refractivity contribution in [2.45, 2.75) is 71.6 Å². The molecule has 0 spiro atoms. The number of furan rings is 2. The van der Waals surface area contributed by atoms with E-state index in [0.29, 0.717) is 0 Å². The molecule has 0 saturated carbocycles. The topological polar surface area (TPSA) is 43.2 Å². The first-order valence-corrected chi connectivity index (χ1v) is 22.8. The Morgan fingerprint density at radius 3 is 2.00 bits per heavy atom. The van der Waals surface area contributed by atoms with Gasteiger partial charge in [-0.3, -0.25) is 0 Å². The minimum atomic E-state index is -0.133. The van der Waals surface area contributed by atoms with Crippen molar-refractivity contribution < 1.29 is 8.83 Å². The molecule has 1 aliphatic carbocycles. The van der Waals surface area contributed by atoms with Crippen LogP contribution in [0, 0.1) is 0 Å². The second-order valence-corrected chi connectivity index (χ2v) is 21.0. The van der Waals surface area contributed by atoms with Crippen LogP contribution in [0.25, 0.3) is 93.6 Å². The Bertz CT molecular complexity index is 3820. The Morgan fingerprint density at radius 1 is 0.547 bits per heavy atom. The van der Waals surface area contributed by atoms with Crippen LogP contribution in [0.2, 0.25) is 0 Å². The molecule has 2 aliphatic rings. The third kappa shape index (κ3) is 5.12. The highest BCUT2D eigenvalue weighted by Gasteiger charge is 2.39. The molecule has 3 aromatic heterocycles. The molecule has 0 saturated heterocycles. The number of hydrogen-bond donors (Lipinski definition) is 1. The van der Waals surface area contributed by atoms with Gasteiger partial charge in [-0.1, -0.05) is 146 Å². The molecule has 1 aliphatic heterocycles. The number of hydrogen-bond acceptors (Lipinski definition) is 3. The van der Waals surface area contributed by atoms with Gasteiger partial charge in [0.1, 0.15) is 22.3 Å². The Morgan fingerprint density at radius 2 is 1.23 bits per heavy atom. The maximum Gasteiger partial charge on any atom is 0.198 e. The lowest BCUT2D eigenvalue weighted by Gasteiger charge is -2.27. The van der Waals surface area contributed by atoms with Gasteiger partial charge in [0.05, 0.1) is 11.0 Å². The standard InChI is InChI=1S/C59H49BN2O2/c1-57(2,3)32-21-24-34(25-22-32)61-45-29-39-36-16-10-13-19-48(36)63-50(39)30-40(45)53-54-55-51(52-37-17-11-14-20-49(37)64-56(52)53)41-27-33(58(4,5)6)23-26-46(41)62(55)47-31-43-38(28-44(47)60-54)35-15-9-12-18-42(35)59(43,7)8/h9-31,60-61H,1-8H3. The summed E-state index contributed by atoms with van der Waals surface area (Å²) in [5, 5.41) is 10.9. The van der Waals surface area contributed by atoms with Crippen molar-refractivity contribution in [1.82, 2.24) is 4.57 Å². The zero-order valence-corrected chi connectivity index (χ0v) is 37.7. The predicted molar refractivity (Wildman–Crippen MR) is 272 cm³/mol. The third-order valence-corrected chi connectivity index (χ3v) is 14.7. The normalized spacial score (nSPS) is 14.2. The fourth-order valence-corrected chi connectivity index (χ4v) is 11.3. The lowest BCUT2D eigenvalue weighted by atomic mass is 9.58. The molecule has 0 radical (unpaired) electrons. The van der Waals surface area contributed by atoms with Gasteiger partial charge in [-0.15, -0.1) is 0 Å². The molecule has 310 valence electrons. The molecule has 8 aromatic carbocycles. The number of fused-ring (bicyclic) bond motifs is 15. The van der Waals surface area contributed by atoms with Crippen LogP contribution in [0.1, 0.15) is 77.6 Å². The van der Waals surface area contributed by atoms with Crippen molar-refractivity contribution in [3.63, 3.8) is 0 Å². The molecule has 0 atom stereocenters. The number of para-hydroxylation sites is 2. The Kier molecular flexibility index (Phi) is 7.40. The smallest absolute Gasteiger partial charge is 0.198 e. The second-order valence-electron chi connectivity index (χ2n) is 21.0. The summed E-state index contributed by atoms with van der Waals surface area (Å²) < 4.78 is 16.6. The van der Waals surface area contributed by atoms with Crippen LogP contribution >= 0.6 is 0 Å². The van der Waals surface area contributed by atoms with E-state index in [1.54, 1.807) is 0 Å². The SMILES string of the molecule is CC(C)(C)c1ccc(Nc2cc3c(cc2-c2c4c5c(c6cc(C(C)(C)C)ccc6n5-c5cc6c(cc5B4)-c4ccccc4C6(C)C)c4c2oc2ccccc24)oc2ccccc23)cc1. The number of anilines is 2. The number of benzene rings is 8. The molecular formula is C59H49BN2O2. The molecule has 0 fully saturated rings. The van der Waals surface area contributed by atoms with E-state index in [1.807, 2.05) is 0 Å². The minimum absolute atomic E-state index is 0.0364. The van der Waals surface area contributed by atoms with Crippen LogP contribution in [0.4, 0.5) is 11.4 Å². The monoisotopic (exact) mass is 828 g/mol.